The highest BCUT2D eigenvalue weighted by Gasteiger charge is 2.33. The summed E-state index contributed by atoms with van der Waals surface area (Å²) in [6.45, 7) is 3.01. The number of rotatable bonds is 4. The molecule has 0 unspecified atom stereocenters. The summed E-state index contributed by atoms with van der Waals surface area (Å²) in [5, 5.41) is 23.1. The summed E-state index contributed by atoms with van der Waals surface area (Å²) in [6, 6.07) is 5.64. The van der Waals surface area contributed by atoms with Crippen LogP contribution < -0.4 is 5.32 Å². The molecule has 1 aromatic rings. The van der Waals surface area contributed by atoms with Gasteiger partial charge in [-0.1, -0.05) is 19.1 Å². The standard InChI is InChI=1S/C15H22BrNO2/c1-11-5-7-15(10-18,8-6-11)17-9-12-3-2-4-13(16)14(12)19/h2-4,11,17-19H,5-10H2,1H3. The molecule has 1 saturated carbocycles. The molecular formula is C15H22BrNO2. The second-order valence-corrected chi connectivity index (χ2v) is 6.58. The Morgan fingerprint density at radius 2 is 2.05 bits per heavy atom. The van der Waals surface area contributed by atoms with Gasteiger partial charge in [-0.3, -0.25) is 0 Å². The fourth-order valence-electron chi connectivity index (χ4n) is 2.69. The molecule has 1 aliphatic rings. The lowest BCUT2D eigenvalue weighted by Gasteiger charge is -2.39. The summed E-state index contributed by atoms with van der Waals surface area (Å²) in [5.41, 5.74) is 0.683. The summed E-state index contributed by atoms with van der Waals surface area (Å²) in [6.07, 6.45) is 4.30. The van der Waals surface area contributed by atoms with Crippen LogP contribution in [0.4, 0.5) is 0 Å². The van der Waals surface area contributed by atoms with Crippen LogP contribution in [-0.2, 0) is 6.54 Å². The number of aromatic hydroxyl groups is 1. The highest BCUT2D eigenvalue weighted by atomic mass is 79.9. The Kier molecular flexibility index (Phi) is 4.87. The van der Waals surface area contributed by atoms with Crippen molar-refractivity contribution in [3.8, 4) is 5.75 Å². The first-order valence-electron chi connectivity index (χ1n) is 6.88. The van der Waals surface area contributed by atoms with Gasteiger partial charge in [0.05, 0.1) is 11.1 Å². The maximum Gasteiger partial charge on any atom is 0.134 e. The fourth-order valence-corrected chi connectivity index (χ4v) is 3.10. The minimum atomic E-state index is -0.179. The smallest absolute Gasteiger partial charge is 0.134 e. The van der Waals surface area contributed by atoms with E-state index in [-0.39, 0.29) is 17.9 Å². The van der Waals surface area contributed by atoms with Gasteiger partial charge in [0.2, 0.25) is 0 Å². The van der Waals surface area contributed by atoms with Crippen LogP contribution in [0.5, 0.6) is 5.75 Å². The molecular weight excluding hydrogens is 306 g/mol. The Morgan fingerprint density at radius 3 is 2.68 bits per heavy atom. The number of phenols is 1. The van der Waals surface area contributed by atoms with Crippen molar-refractivity contribution in [3.63, 3.8) is 0 Å². The molecule has 2 rings (SSSR count). The van der Waals surface area contributed by atoms with Gasteiger partial charge in [0.15, 0.2) is 0 Å². The third-order valence-electron chi connectivity index (χ3n) is 4.26. The maximum atomic E-state index is 9.98. The number of phenolic OH excluding ortho intramolecular Hbond substituents is 1. The maximum absolute atomic E-state index is 9.98. The summed E-state index contributed by atoms with van der Waals surface area (Å²) >= 11 is 3.32. The van der Waals surface area contributed by atoms with Crippen molar-refractivity contribution in [2.24, 2.45) is 5.92 Å². The molecule has 0 aromatic heterocycles. The van der Waals surface area contributed by atoms with Gasteiger partial charge in [0.1, 0.15) is 5.75 Å². The van der Waals surface area contributed by atoms with E-state index in [0.717, 1.165) is 37.2 Å². The zero-order chi connectivity index (χ0) is 13.9. The van der Waals surface area contributed by atoms with E-state index in [2.05, 4.69) is 28.2 Å². The Bertz CT molecular complexity index is 428. The molecule has 1 aliphatic carbocycles. The van der Waals surface area contributed by atoms with Crippen LogP contribution in [0.2, 0.25) is 0 Å². The van der Waals surface area contributed by atoms with Crippen LogP contribution >= 0.6 is 15.9 Å². The average Bonchev–Trinajstić information content (AvgIpc) is 2.43. The minimum absolute atomic E-state index is 0.161. The number of benzene rings is 1. The highest BCUT2D eigenvalue weighted by molar-refractivity contribution is 9.10. The number of hydrogen-bond acceptors (Lipinski definition) is 3. The number of hydrogen-bond donors (Lipinski definition) is 3. The first-order chi connectivity index (χ1) is 9.06. The summed E-state index contributed by atoms with van der Waals surface area (Å²) in [4.78, 5) is 0. The molecule has 0 atom stereocenters. The molecule has 0 saturated heterocycles. The molecule has 3 nitrogen and oxygen atoms in total. The van der Waals surface area contributed by atoms with Crippen molar-refractivity contribution >= 4 is 15.9 Å². The molecule has 0 amide bonds. The van der Waals surface area contributed by atoms with Crippen LogP contribution in [0.15, 0.2) is 22.7 Å². The third-order valence-corrected chi connectivity index (χ3v) is 4.90. The first-order valence-corrected chi connectivity index (χ1v) is 7.68. The number of nitrogens with one attached hydrogen (secondary N) is 1. The normalized spacial score (nSPS) is 27.4. The van der Waals surface area contributed by atoms with E-state index >= 15 is 0 Å². The van der Waals surface area contributed by atoms with E-state index in [0.29, 0.717) is 11.0 Å². The SMILES string of the molecule is CC1CCC(CO)(NCc2cccc(Br)c2O)CC1. The molecule has 1 fully saturated rings. The van der Waals surface area contributed by atoms with Crippen LogP contribution in [0, 0.1) is 5.92 Å². The van der Waals surface area contributed by atoms with E-state index in [1.807, 2.05) is 18.2 Å². The monoisotopic (exact) mass is 327 g/mol. The molecule has 0 radical (unpaired) electrons. The average molecular weight is 328 g/mol. The molecule has 0 bridgehead atoms. The molecule has 0 spiro atoms. The van der Waals surface area contributed by atoms with Gasteiger partial charge in [-0.15, -0.1) is 0 Å². The Labute approximate surface area is 123 Å². The van der Waals surface area contributed by atoms with Crippen LogP contribution in [0.25, 0.3) is 0 Å². The number of aliphatic hydroxyl groups is 1. The van der Waals surface area contributed by atoms with Gasteiger partial charge in [0.25, 0.3) is 0 Å². The van der Waals surface area contributed by atoms with Crippen LogP contribution in [-0.4, -0.2) is 22.4 Å². The van der Waals surface area contributed by atoms with Gasteiger partial charge in [-0.2, -0.15) is 0 Å². The molecule has 0 heterocycles. The quantitative estimate of drug-likeness (QED) is 0.796. The number of aliphatic hydroxyl groups excluding tert-OH is 1. The molecule has 0 aliphatic heterocycles. The lowest BCUT2D eigenvalue weighted by atomic mass is 9.77. The fraction of sp³-hybridized carbons (Fsp3) is 0.600. The van der Waals surface area contributed by atoms with Crippen molar-refractivity contribution < 1.29 is 10.2 Å². The topological polar surface area (TPSA) is 52.5 Å². The number of para-hydroxylation sites is 1. The van der Waals surface area contributed by atoms with Gasteiger partial charge in [-0.05, 0) is 53.6 Å². The van der Waals surface area contributed by atoms with Crippen LogP contribution in [0.3, 0.4) is 0 Å². The van der Waals surface area contributed by atoms with Crippen molar-refractivity contribution in [2.45, 2.75) is 44.7 Å². The molecule has 3 N–H and O–H groups in total. The van der Waals surface area contributed by atoms with Crippen LogP contribution in [0.1, 0.15) is 38.2 Å². The minimum Gasteiger partial charge on any atom is -0.506 e. The molecule has 106 valence electrons. The lowest BCUT2D eigenvalue weighted by Crippen LogP contribution is -2.50. The molecule has 4 heteroatoms. The Hall–Kier alpha value is -0.580. The van der Waals surface area contributed by atoms with E-state index < -0.39 is 0 Å². The van der Waals surface area contributed by atoms with Gasteiger partial charge < -0.3 is 15.5 Å². The van der Waals surface area contributed by atoms with Crippen molar-refractivity contribution in [1.82, 2.24) is 5.32 Å². The van der Waals surface area contributed by atoms with Crippen molar-refractivity contribution in [3.05, 3.63) is 28.2 Å². The van der Waals surface area contributed by atoms with E-state index in [9.17, 15) is 10.2 Å². The van der Waals surface area contributed by atoms with E-state index in [1.165, 1.54) is 0 Å². The van der Waals surface area contributed by atoms with Gasteiger partial charge >= 0.3 is 0 Å². The summed E-state index contributed by atoms with van der Waals surface area (Å²) in [5.74, 6) is 1.04. The van der Waals surface area contributed by atoms with E-state index in [4.69, 9.17) is 0 Å². The van der Waals surface area contributed by atoms with Gasteiger partial charge in [-0.25, -0.2) is 0 Å². The zero-order valence-electron chi connectivity index (χ0n) is 11.3. The third kappa shape index (κ3) is 3.50. The summed E-state index contributed by atoms with van der Waals surface area (Å²) < 4.78 is 0.710. The predicted molar refractivity (Wildman–Crippen MR) is 80.1 cm³/mol. The van der Waals surface area contributed by atoms with Crippen molar-refractivity contribution in [2.75, 3.05) is 6.61 Å². The van der Waals surface area contributed by atoms with Crippen molar-refractivity contribution in [1.29, 1.82) is 0 Å². The molecule has 1 aromatic carbocycles. The largest absolute Gasteiger partial charge is 0.506 e. The number of halogens is 1. The van der Waals surface area contributed by atoms with E-state index in [1.54, 1.807) is 0 Å². The highest BCUT2D eigenvalue weighted by Crippen LogP contribution is 2.33. The first kappa shape index (κ1) is 14.8. The second kappa shape index (κ2) is 6.25. The Balaban J connectivity index is 2.02. The molecule has 19 heavy (non-hydrogen) atoms. The second-order valence-electron chi connectivity index (χ2n) is 5.72. The Morgan fingerprint density at radius 1 is 1.37 bits per heavy atom. The predicted octanol–water partition coefficient (Wildman–Crippen LogP) is 3.19. The van der Waals surface area contributed by atoms with Gasteiger partial charge in [0, 0.05) is 17.6 Å². The zero-order valence-corrected chi connectivity index (χ0v) is 12.9. The lowest BCUT2D eigenvalue weighted by molar-refractivity contribution is 0.104. The summed E-state index contributed by atoms with van der Waals surface area (Å²) in [7, 11) is 0.